The van der Waals surface area contributed by atoms with Gasteiger partial charge in [0.25, 0.3) is 0 Å². The molecule has 0 saturated heterocycles. The monoisotopic (exact) mass is 789 g/mol. The molecule has 0 rings (SSSR count). The fraction of sp³-hybridized carbons (Fsp3) is 0.860. The third kappa shape index (κ3) is 43.0. The third-order valence-electron chi connectivity index (χ3n) is 10.7. The van der Waals surface area contributed by atoms with Gasteiger partial charge in [-0.05, 0) is 64.2 Å². The first-order chi connectivity index (χ1) is 27.5. The molecule has 0 saturated carbocycles. The number of hydrogen-bond acceptors (Lipinski definition) is 6. The highest BCUT2D eigenvalue weighted by atomic mass is 16.6. The second-order valence-electron chi connectivity index (χ2n) is 16.4. The molecule has 6 nitrogen and oxygen atoms in total. The van der Waals surface area contributed by atoms with Gasteiger partial charge in [0.15, 0.2) is 6.10 Å². The predicted octanol–water partition coefficient (Wildman–Crippen LogP) is 15.6. The molecule has 0 aromatic rings. The van der Waals surface area contributed by atoms with Crippen LogP contribution in [0.5, 0.6) is 0 Å². The van der Waals surface area contributed by atoms with Gasteiger partial charge in [-0.25, -0.2) is 0 Å². The van der Waals surface area contributed by atoms with Gasteiger partial charge in [-0.1, -0.05) is 199 Å². The van der Waals surface area contributed by atoms with E-state index in [4.69, 9.17) is 14.2 Å². The molecule has 0 aromatic heterocycles. The van der Waals surface area contributed by atoms with Crippen LogP contribution in [0.25, 0.3) is 0 Å². The number of carbonyl (C=O) groups is 3. The summed E-state index contributed by atoms with van der Waals surface area (Å²) in [6.07, 6.45) is 50.1. The third-order valence-corrected chi connectivity index (χ3v) is 10.7. The number of esters is 3. The van der Waals surface area contributed by atoms with Gasteiger partial charge in [0, 0.05) is 19.3 Å². The zero-order valence-electron chi connectivity index (χ0n) is 37.4. The van der Waals surface area contributed by atoms with Gasteiger partial charge < -0.3 is 14.2 Å². The van der Waals surface area contributed by atoms with Crippen molar-refractivity contribution in [3.8, 4) is 0 Å². The molecule has 6 heteroatoms. The van der Waals surface area contributed by atoms with Crippen molar-refractivity contribution in [2.24, 2.45) is 0 Å². The molecule has 0 heterocycles. The van der Waals surface area contributed by atoms with Crippen LogP contribution in [0, 0.1) is 0 Å². The summed E-state index contributed by atoms with van der Waals surface area (Å²) in [5.74, 6) is -0.884. The Kier molecular flexibility index (Phi) is 43.9. The standard InChI is InChI=1S/C50H92O6/c1-4-7-10-13-16-19-22-24-26-28-31-34-37-40-43-49(52)55-46-47(45-54-48(51)42-39-36-33-30-27-21-18-15-12-9-6-3)56-50(53)44-41-38-35-32-29-25-23-20-17-14-11-8-5-2/h15,18,22,24,47H,4-14,16-17,19-21,23,25-46H2,1-3H3/b18-15-,24-22-/t47-/m1/s1. The van der Waals surface area contributed by atoms with E-state index >= 15 is 0 Å². The summed E-state index contributed by atoms with van der Waals surface area (Å²) < 4.78 is 16.7. The lowest BCUT2D eigenvalue weighted by molar-refractivity contribution is -0.167. The predicted molar refractivity (Wildman–Crippen MR) is 238 cm³/mol. The Morgan fingerprint density at radius 2 is 0.607 bits per heavy atom. The minimum Gasteiger partial charge on any atom is -0.462 e. The molecular weight excluding hydrogens is 697 g/mol. The van der Waals surface area contributed by atoms with Gasteiger partial charge >= 0.3 is 17.9 Å². The first-order valence-electron chi connectivity index (χ1n) is 24.3. The first kappa shape index (κ1) is 53.9. The smallest absolute Gasteiger partial charge is 0.306 e. The normalized spacial score (nSPS) is 12.1. The van der Waals surface area contributed by atoms with Crippen molar-refractivity contribution in [1.82, 2.24) is 0 Å². The van der Waals surface area contributed by atoms with Crippen LogP contribution >= 0.6 is 0 Å². The highest BCUT2D eigenvalue weighted by Crippen LogP contribution is 2.15. The fourth-order valence-corrected chi connectivity index (χ4v) is 6.95. The van der Waals surface area contributed by atoms with Gasteiger partial charge in [-0.2, -0.15) is 0 Å². The molecule has 0 unspecified atom stereocenters. The average Bonchev–Trinajstić information content (AvgIpc) is 3.19. The van der Waals surface area contributed by atoms with E-state index in [0.29, 0.717) is 19.3 Å². The topological polar surface area (TPSA) is 78.9 Å². The fourth-order valence-electron chi connectivity index (χ4n) is 6.95. The molecule has 1 atom stereocenters. The average molecular weight is 789 g/mol. The van der Waals surface area contributed by atoms with Gasteiger partial charge in [-0.15, -0.1) is 0 Å². The van der Waals surface area contributed by atoms with Gasteiger partial charge in [0.1, 0.15) is 13.2 Å². The zero-order valence-corrected chi connectivity index (χ0v) is 37.4. The van der Waals surface area contributed by atoms with Gasteiger partial charge in [-0.3, -0.25) is 14.4 Å². The van der Waals surface area contributed by atoms with E-state index in [1.165, 1.54) is 148 Å². The minimum absolute atomic E-state index is 0.0751. The summed E-state index contributed by atoms with van der Waals surface area (Å²) in [7, 11) is 0. The van der Waals surface area contributed by atoms with E-state index in [1.54, 1.807) is 0 Å². The molecule has 0 aliphatic heterocycles. The molecule has 0 bridgehead atoms. The van der Waals surface area contributed by atoms with Gasteiger partial charge in [0.05, 0.1) is 0 Å². The maximum absolute atomic E-state index is 12.7. The summed E-state index contributed by atoms with van der Waals surface area (Å²) in [6.45, 7) is 6.59. The number of allylic oxidation sites excluding steroid dienone is 4. The number of unbranched alkanes of at least 4 members (excludes halogenated alkanes) is 29. The van der Waals surface area contributed by atoms with Crippen LogP contribution in [-0.2, 0) is 28.6 Å². The van der Waals surface area contributed by atoms with Crippen molar-refractivity contribution in [2.45, 2.75) is 264 Å². The van der Waals surface area contributed by atoms with Crippen LogP contribution in [0.4, 0.5) is 0 Å². The Morgan fingerprint density at radius 3 is 0.946 bits per heavy atom. The maximum Gasteiger partial charge on any atom is 0.306 e. The number of rotatable bonds is 44. The lowest BCUT2D eigenvalue weighted by atomic mass is 10.0. The van der Waals surface area contributed by atoms with Crippen molar-refractivity contribution in [3.63, 3.8) is 0 Å². The van der Waals surface area contributed by atoms with E-state index in [2.05, 4.69) is 45.1 Å². The molecule has 56 heavy (non-hydrogen) atoms. The van der Waals surface area contributed by atoms with Crippen LogP contribution in [0.3, 0.4) is 0 Å². The summed E-state index contributed by atoms with van der Waals surface area (Å²) in [5, 5.41) is 0. The second kappa shape index (κ2) is 45.6. The Labute approximate surface area is 347 Å². The Hall–Kier alpha value is -2.11. The molecule has 0 aliphatic carbocycles. The van der Waals surface area contributed by atoms with Crippen LogP contribution in [0.1, 0.15) is 258 Å². The Morgan fingerprint density at radius 1 is 0.339 bits per heavy atom. The van der Waals surface area contributed by atoms with Crippen LogP contribution < -0.4 is 0 Å². The molecule has 0 spiro atoms. The second-order valence-corrected chi connectivity index (χ2v) is 16.4. The zero-order chi connectivity index (χ0) is 40.8. The van der Waals surface area contributed by atoms with E-state index in [9.17, 15) is 14.4 Å². The van der Waals surface area contributed by atoms with E-state index in [0.717, 1.165) is 70.6 Å². The number of hydrogen-bond donors (Lipinski definition) is 0. The lowest BCUT2D eigenvalue weighted by Gasteiger charge is -2.18. The molecule has 0 aromatic carbocycles. The highest BCUT2D eigenvalue weighted by Gasteiger charge is 2.19. The minimum atomic E-state index is -0.771. The van der Waals surface area contributed by atoms with Gasteiger partial charge in [0.2, 0.25) is 0 Å². The highest BCUT2D eigenvalue weighted by molar-refractivity contribution is 5.71. The molecule has 328 valence electrons. The molecule has 0 fully saturated rings. The van der Waals surface area contributed by atoms with Crippen LogP contribution in [0.15, 0.2) is 24.3 Å². The molecule has 0 radical (unpaired) electrons. The van der Waals surface area contributed by atoms with E-state index in [-0.39, 0.29) is 31.1 Å². The SMILES string of the molecule is CCCC/C=C\CCCCCCCC(=O)OC[C@H](COC(=O)CCCCCCC/C=C\CCCCCCC)OC(=O)CCCCCCCCCCCCCCC. The quantitative estimate of drug-likeness (QED) is 0.0265. The molecule has 0 aliphatic rings. The largest absolute Gasteiger partial charge is 0.462 e. The maximum atomic E-state index is 12.7. The van der Waals surface area contributed by atoms with E-state index in [1.807, 2.05) is 0 Å². The lowest BCUT2D eigenvalue weighted by Crippen LogP contribution is -2.30. The van der Waals surface area contributed by atoms with Crippen LogP contribution in [-0.4, -0.2) is 37.2 Å². The molecular formula is C50H92O6. The number of ether oxygens (including phenoxy) is 3. The summed E-state index contributed by atoms with van der Waals surface area (Å²) >= 11 is 0. The molecule has 0 N–H and O–H groups in total. The molecule has 0 amide bonds. The van der Waals surface area contributed by atoms with E-state index < -0.39 is 6.10 Å². The van der Waals surface area contributed by atoms with Crippen LogP contribution in [0.2, 0.25) is 0 Å². The van der Waals surface area contributed by atoms with Crippen molar-refractivity contribution >= 4 is 17.9 Å². The Balaban J connectivity index is 4.36. The first-order valence-corrected chi connectivity index (χ1v) is 24.3. The number of carbonyl (C=O) groups excluding carboxylic acids is 3. The summed E-state index contributed by atoms with van der Waals surface area (Å²) in [5.41, 5.74) is 0. The Bertz CT molecular complexity index is 911. The van der Waals surface area contributed by atoms with Crippen molar-refractivity contribution in [3.05, 3.63) is 24.3 Å². The summed E-state index contributed by atoms with van der Waals surface area (Å²) in [4.78, 5) is 37.8. The van der Waals surface area contributed by atoms with Crippen molar-refractivity contribution in [2.75, 3.05) is 13.2 Å². The van der Waals surface area contributed by atoms with Crippen molar-refractivity contribution in [1.29, 1.82) is 0 Å². The summed E-state index contributed by atoms with van der Waals surface area (Å²) in [6, 6.07) is 0. The van der Waals surface area contributed by atoms with Crippen molar-refractivity contribution < 1.29 is 28.6 Å².